The molecule has 0 unspecified atom stereocenters. The second-order valence-electron chi connectivity index (χ2n) is 5.57. The first-order chi connectivity index (χ1) is 12.0. The van der Waals surface area contributed by atoms with Crippen LogP contribution in [0.25, 0.3) is 0 Å². The third kappa shape index (κ3) is 3.88. The lowest BCUT2D eigenvalue weighted by Crippen LogP contribution is -2.14. The van der Waals surface area contributed by atoms with Crippen molar-refractivity contribution < 1.29 is 28.6 Å². The summed E-state index contributed by atoms with van der Waals surface area (Å²) >= 11 is 0. The second kappa shape index (κ2) is 7.21. The third-order valence-electron chi connectivity index (χ3n) is 3.71. The molecule has 1 aliphatic rings. The van der Waals surface area contributed by atoms with E-state index in [4.69, 9.17) is 14.2 Å². The molecule has 3 rings (SSSR count). The highest BCUT2D eigenvalue weighted by Gasteiger charge is 2.17. The summed E-state index contributed by atoms with van der Waals surface area (Å²) in [6, 6.07) is 6.24. The monoisotopic (exact) mass is 343 g/mol. The minimum absolute atomic E-state index is 0.122. The van der Waals surface area contributed by atoms with Crippen LogP contribution in [0.15, 0.2) is 30.5 Å². The maximum Gasteiger partial charge on any atom is 0.355 e. The summed E-state index contributed by atoms with van der Waals surface area (Å²) in [5.74, 6) is -0.129. The van der Waals surface area contributed by atoms with Gasteiger partial charge >= 0.3 is 5.97 Å². The molecule has 0 saturated carbocycles. The fraction of sp³-hybridized carbons (Fsp3) is 0.278. The quantitative estimate of drug-likeness (QED) is 0.662. The molecule has 0 radical (unpaired) electrons. The van der Waals surface area contributed by atoms with Crippen molar-refractivity contribution in [2.75, 3.05) is 19.8 Å². The number of carbonyl (C=O) groups excluding carboxylic acids is 3. The molecule has 1 aromatic carbocycles. The van der Waals surface area contributed by atoms with Gasteiger partial charge in [0, 0.05) is 23.7 Å². The van der Waals surface area contributed by atoms with Crippen LogP contribution in [0.1, 0.15) is 44.5 Å². The van der Waals surface area contributed by atoms with Crippen molar-refractivity contribution in [3.63, 3.8) is 0 Å². The molecule has 1 aromatic heterocycles. The Bertz CT molecular complexity index is 823. The van der Waals surface area contributed by atoms with Gasteiger partial charge in [-0.2, -0.15) is 0 Å². The standard InChI is InChI=1S/C18H17NO6/c1-11(20)13-7-14(19-9-13)18(22)25-10-15(21)12-3-4-16-17(8-12)24-6-2-5-23-16/h3-4,7-9,19H,2,5-6,10H2,1H3. The van der Waals surface area contributed by atoms with Gasteiger partial charge in [-0.05, 0) is 31.2 Å². The summed E-state index contributed by atoms with van der Waals surface area (Å²) in [5, 5.41) is 0. The lowest BCUT2D eigenvalue weighted by Gasteiger charge is -2.09. The van der Waals surface area contributed by atoms with E-state index in [9.17, 15) is 14.4 Å². The Balaban J connectivity index is 1.63. The molecule has 25 heavy (non-hydrogen) atoms. The highest BCUT2D eigenvalue weighted by molar-refractivity contribution is 6.00. The topological polar surface area (TPSA) is 94.7 Å². The van der Waals surface area contributed by atoms with Crippen molar-refractivity contribution >= 4 is 17.5 Å². The zero-order chi connectivity index (χ0) is 17.8. The molecule has 0 saturated heterocycles. The van der Waals surface area contributed by atoms with Crippen molar-refractivity contribution in [3.05, 3.63) is 47.3 Å². The molecule has 0 aliphatic carbocycles. The molecule has 0 fully saturated rings. The van der Waals surface area contributed by atoms with Crippen molar-refractivity contribution in [2.45, 2.75) is 13.3 Å². The van der Waals surface area contributed by atoms with Crippen LogP contribution in [-0.2, 0) is 4.74 Å². The Labute approximate surface area is 143 Å². The van der Waals surface area contributed by atoms with E-state index < -0.39 is 12.6 Å². The Hall–Kier alpha value is -3.09. The van der Waals surface area contributed by atoms with Gasteiger partial charge in [0.2, 0.25) is 0 Å². The fourth-order valence-corrected chi connectivity index (χ4v) is 2.34. The average Bonchev–Trinajstić information content (AvgIpc) is 2.99. The van der Waals surface area contributed by atoms with Crippen LogP contribution in [0, 0.1) is 0 Å². The van der Waals surface area contributed by atoms with Gasteiger partial charge in [0.05, 0.1) is 13.2 Å². The first-order valence-corrected chi connectivity index (χ1v) is 7.84. The van der Waals surface area contributed by atoms with Gasteiger partial charge in [0.1, 0.15) is 5.69 Å². The number of hydrogen-bond acceptors (Lipinski definition) is 6. The number of benzene rings is 1. The molecule has 130 valence electrons. The van der Waals surface area contributed by atoms with Crippen molar-refractivity contribution in [1.29, 1.82) is 0 Å². The lowest BCUT2D eigenvalue weighted by atomic mass is 10.1. The fourth-order valence-electron chi connectivity index (χ4n) is 2.34. The van der Waals surface area contributed by atoms with Crippen LogP contribution < -0.4 is 9.47 Å². The summed E-state index contributed by atoms with van der Waals surface area (Å²) < 4.78 is 16.0. The van der Waals surface area contributed by atoms with Crippen molar-refractivity contribution in [2.24, 2.45) is 0 Å². The van der Waals surface area contributed by atoms with E-state index in [1.54, 1.807) is 18.2 Å². The average molecular weight is 343 g/mol. The van der Waals surface area contributed by atoms with Crippen LogP contribution in [0.2, 0.25) is 0 Å². The van der Waals surface area contributed by atoms with E-state index in [0.717, 1.165) is 6.42 Å². The normalized spacial score (nSPS) is 13.0. The largest absolute Gasteiger partial charge is 0.490 e. The molecule has 0 amide bonds. The van der Waals surface area contributed by atoms with Gasteiger partial charge in [-0.25, -0.2) is 4.79 Å². The van der Waals surface area contributed by atoms with Gasteiger partial charge in [0.25, 0.3) is 0 Å². The summed E-state index contributed by atoms with van der Waals surface area (Å²) in [5.41, 5.74) is 0.866. The molecule has 0 atom stereocenters. The van der Waals surface area contributed by atoms with Crippen LogP contribution >= 0.6 is 0 Å². The number of hydrogen-bond donors (Lipinski definition) is 1. The molecular formula is C18H17NO6. The summed E-state index contributed by atoms with van der Waals surface area (Å²) in [4.78, 5) is 38.0. The first kappa shape index (κ1) is 16.8. The van der Waals surface area contributed by atoms with Crippen LogP contribution in [-0.4, -0.2) is 42.3 Å². The summed E-state index contributed by atoms with van der Waals surface area (Å²) in [7, 11) is 0. The third-order valence-corrected chi connectivity index (χ3v) is 3.71. The molecule has 1 N–H and O–H groups in total. The van der Waals surface area contributed by atoms with E-state index >= 15 is 0 Å². The van der Waals surface area contributed by atoms with E-state index in [1.165, 1.54) is 19.2 Å². The molecule has 1 aliphatic heterocycles. The number of ether oxygens (including phenoxy) is 3. The number of ketones is 2. The first-order valence-electron chi connectivity index (χ1n) is 7.84. The number of Topliss-reactive ketones (excluding diaryl/α,β-unsaturated/α-hetero) is 2. The number of esters is 1. The number of aromatic amines is 1. The number of aromatic nitrogens is 1. The molecule has 7 heteroatoms. The molecule has 2 aromatic rings. The van der Waals surface area contributed by atoms with Gasteiger partial charge in [-0.3, -0.25) is 9.59 Å². The van der Waals surface area contributed by atoms with Crippen LogP contribution in [0.4, 0.5) is 0 Å². The molecule has 0 spiro atoms. The van der Waals surface area contributed by atoms with E-state index in [0.29, 0.717) is 35.8 Å². The SMILES string of the molecule is CC(=O)c1c[nH]c(C(=O)OCC(=O)c2ccc3c(c2)OCCCO3)c1. The number of rotatable bonds is 5. The Morgan fingerprint density at radius 3 is 2.56 bits per heavy atom. The van der Waals surface area contributed by atoms with Gasteiger partial charge in [-0.1, -0.05) is 0 Å². The van der Waals surface area contributed by atoms with Crippen molar-refractivity contribution in [1.82, 2.24) is 4.98 Å². The molecular weight excluding hydrogens is 326 g/mol. The highest BCUT2D eigenvalue weighted by atomic mass is 16.5. The minimum atomic E-state index is -0.699. The summed E-state index contributed by atoms with van der Waals surface area (Å²) in [6.45, 7) is 2.07. The van der Waals surface area contributed by atoms with E-state index in [-0.39, 0.29) is 17.3 Å². The second-order valence-corrected chi connectivity index (χ2v) is 5.57. The maximum atomic E-state index is 12.2. The number of nitrogens with one attached hydrogen (secondary N) is 1. The number of H-pyrrole nitrogens is 1. The smallest absolute Gasteiger partial charge is 0.355 e. The predicted molar refractivity (Wildman–Crippen MR) is 87.5 cm³/mol. The lowest BCUT2D eigenvalue weighted by molar-refractivity contribution is 0.0469. The van der Waals surface area contributed by atoms with Crippen molar-refractivity contribution in [3.8, 4) is 11.5 Å². The molecule has 0 bridgehead atoms. The number of fused-ring (bicyclic) bond motifs is 1. The Morgan fingerprint density at radius 2 is 1.84 bits per heavy atom. The number of carbonyl (C=O) groups is 3. The Morgan fingerprint density at radius 1 is 1.08 bits per heavy atom. The predicted octanol–water partition coefficient (Wildman–Crippen LogP) is 2.42. The van der Waals surface area contributed by atoms with Crippen LogP contribution in [0.3, 0.4) is 0 Å². The molecule has 7 nitrogen and oxygen atoms in total. The van der Waals surface area contributed by atoms with Gasteiger partial charge < -0.3 is 19.2 Å². The van der Waals surface area contributed by atoms with Crippen LogP contribution in [0.5, 0.6) is 11.5 Å². The van der Waals surface area contributed by atoms with Gasteiger partial charge in [-0.15, -0.1) is 0 Å². The van der Waals surface area contributed by atoms with E-state index in [2.05, 4.69) is 4.98 Å². The zero-order valence-electron chi connectivity index (χ0n) is 13.7. The Kier molecular flexibility index (Phi) is 4.83. The maximum absolute atomic E-state index is 12.2. The molecule has 2 heterocycles. The van der Waals surface area contributed by atoms with E-state index in [1.807, 2.05) is 0 Å². The minimum Gasteiger partial charge on any atom is -0.490 e. The van der Waals surface area contributed by atoms with Gasteiger partial charge in [0.15, 0.2) is 29.7 Å². The zero-order valence-corrected chi connectivity index (χ0v) is 13.7. The summed E-state index contributed by atoms with van der Waals surface area (Å²) in [6.07, 6.45) is 2.19. The highest BCUT2D eigenvalue weighted by Crippen LogP contribution is 2.30.